The molecule has 5 rings (SSSR count). The zero-order valence-electron chi connectivity index (χ0n) is 27.3. The number of hydrogen-bond acceptors (Lipinski definition) is 11. The van der Waals surface area contributed by atoms with Crippen LogP contribution in [-0.2, 0) is 48.7 Å². The summed E-state index contributed by atoms with van der Waals surface area (Å²) in [5, 5.41) is 15.5. The lowest BCUT2D eigenvalue weighted by atomic mass is 10.1. The summed E-state index contributed by atoms with van der Waals surface area (Å²) in [6.45, 7) is 2.27. The van der Waals surface area contributed by atoms with Crippen molar-refractivity contribution in [3.63, 3.8) is 0 Å². The Morgan fingerprint density at radius 1 is 0.780 bits per heavy atom. The van der Waals surface area contributed by atoms with Crippen molar-refractivity contribution >= 4 is 33.1 Å². The average Bonchev–Trinajstić information content (AvgIpc) is 3.68. The van der Waals surface area contributed by atoms with Gasteiger partial charge in [-0.25, -0.2) is 28.2 Å². The van der Waals surface area contributed by atoms with Crippen molar-refractivity contribution in [2.75, 3.05) is 38.4 Å². The molecule has 50 heavy (non-hydrogen) atoms. The van der Waals surface area contributed by atoms with Gasteiger partial charge in [-0.1, -0.05) is 66.7 Å². The number of sulfonamides is 1. The van der Waals surface area contributed by atoms with E-state index in [1.807, 2.05) is 60.0 Å². The zero-order valence-corrected chi connectivity index (χ0v) is 29.0. The highest BCUT2D eigenvalue weighted by Gasteiger charge is 2.27. The SMILES string of the molecule is O=C(O)C(CCOCCOCCOCc1ccccc1)Nc1cccc(CN(Cc2ccc(-c3nccs3)cc2)S(=O)(=O)c2ccccn2)n1. The van der Waals surface area contributed by atoms with Crippen LogP contribution in [0.15, 0.2) is 114 Å². The third-order valence-electron chi connectivity index (χ3n) is 7.41. The van der Waals surface area contributed by atoms with Crippen LogP contribution in [0.3, 0.4) is 0 Å². The molecule has 0 bridgehead atoms. The minimum atomic E-state index is -4.01. The van der Waals surface area contributed by atoms with Gasteiger partial charge in [-0.15, -0.1) is 11.3 Å². The Hall–Kier alpha value is -4.57. The third-order valence-corrected chi connectivity index (χ3v) is 9.94. The van der Waals surface area contributed by atoms with Crippen molar-refractivity contribution in [2.24, 2.45) is 0 Å². The number of hydrogen-bond donors (Lipinski definition) is 2. The third kappa shape index (κ3) is 11.2. The van der Waals surface area contributed by atoms with E-state index in [0.717, 1.165) is 21.7 Å². The maximum absolute atomic E-state index is 13.8. The number of carboxylic acids is 1. The van der Waals surface area contributed by atoms with Gasteiger partial charge in [-0.2, -0.15) is 4.31 Å². The maximum Gasteiger partial charge on any atom is 0.326 e. The van der Waals surface area contributed by atoms with Gasteiger partial charge in [0.05, 0.1) is 45.3 Å². The minimum absolute atomic E-state index is 0.0654. The number of aliphatic carboxylic acids is 1. The molecule has 14 heteroatoms. The molecule has 0 amide bonds. The van der Waals surface area contributed by atoms with Gasteiger partial charge in [0.15, 0.2) is 5.03 Å². The molecule has 0 radical (unpaired) electrons. The van der Waals surface area contributed by atoms with E-state index in [1.54, 1.807) is 36.5 Å². The Morgan fingerprint density at radius 3 is 2.22 bits per heavy atom. The van der Waals surface area contributed by atoms with E-state index in [9.17, 15) is 18.3 Å². The number of benzene rings is 2. The first kappa shape index (κ1) is 36.7. The Morgan fingerprint density at radius 2 is 1.52 bits per heavy atom. The minimum Gasteiger partial charge on any atom is -0.480 e. The van der Waals surface area contributed by atoms with Crippen molar-refractivity contribution in [2.45, 2.75) is 37.2 Å². The Labute approximate surface area is 295 Å². The van der Waals surface area contributed by atoms with Crippen molar-refractivity contribution in [1.82, 2.24) is 19.3 Å². The number of nitrogens with zero attached hydrogens (tertiary/aromatic N) is 4. The van der Waals surface area contributed by atoms with Gasteiger partial charge in [0.2, 0.25) is 0 Å². The van der Waals surface area contributed by atoms with Crippen LogP contribution >= 0.6 is 11.3 Å². The lowest BCUT2D eigenvalue weighted by molar-refractivity contribution is -0.138. The van der Waals surface area contributed by atoms with Crippen LogP contribution < -0.4 is 5.32 Å². The standard InChI is InChI=1S/C36H39N5O7S2/c42-36(43)32(16-19-46-20-21-47-22-23-48-27-29-7-2-1-3-8-29)40-33-10-6-9-31(39-33)26-41(50(44,45)34-11-4-5-17-37-34)25-28-12-14-30(15-13-28)35-38-18-24-49-35/h1-15,17-18,24,32H,16,19-23,25-27H2,(H,39,40)(H,42,43). The van der Waals surface area contributed by atoms with Gasteiger partial charge in [-0.05, 0) is 35.4 Å². The number of carbonyl (C=O) groups is 1. The number of carboxylic acid groups (broad SMARTS) is 1. The summed E-state index contributed by atoms with van der Waals surface area (Å²) in [4.78, 5) is 25.0. The quantitative estimate of drug-likeness (QED) is 0.0926. The van der Waals surface area contributed by atoms with Gasteiger partial charge in [0.1, 0.15) is 16.9 Å². The molecule has 3 heterocycles. The molecule has 12 nitrogen and oxygen atoms in total. The molecule has 5 aromatic rings. The molecule has 2 aromatic carbocycles. The highest BCUT2D eigenvalue weighted by molar-refractivity contribution is 7.89. The van der Waals surface area contributed by atoms with Crippen LogP contribution in [0, 0.1) is 0 Å². The lowest BCUT2D eigenvalue weighted by Gasteiger charge is -2.22. The highest BCUT2D eigenvalue weighted by atomic mass is 32.2. The molecule has 3 aromatic heterocycles. The molecule has 2 N–H and O–H groups in total. The van der Waals surface area contributed by atoms with Crippen LogP contribution in [0.5, 0.6) is 0 Å². The first-order valence-electron chi connectivity index (χ1n) is 16.0. The van der Waals surface area contributed by atoms with E-state index < -0.39 is 22.0 Å². The topological polar surface area (TPSA) is 153 Å². The number of thiazole rings is 1. The molecule has 0 aliphatic heterocycles. The van der Waals surface area contributed by atoms with Crippen LogP contribution in [-0.4, -0.2) is 77.8 Å². The van der Waals surface area contributed by atoms with E-state index in [-0.39, 0.29) is 31.1 Å². The number of nitrogens with one attached hydrogen (secondary N) is 1. The van der Waals surface area contributed by atoms with Gasteiger partial charge in [0.25, 0.3) is 10.0 Å². The second-order valence-corrected chi connectivity index (χ2v) is 13.9. The van der Waals surface area contributed by atoms with Crippen molar-refractivity contribution in [3.05, 3.63) is 126 Å². The number of rotatable bonds is 21. The monoisotopic (exact) mass is 717 g/mol. The predicted octanol–water partition coefficient (Wildman–Crippen LogP) is 5.50. The first-order chi connectivity index (χ1) is 24.4. The van der Waals surface area contributed by atoms with Crippen molar-refractivity contribution in [3.8, 4) is 10.6 Å². The lowest BCUT2D eigenvalue weighted by Crippen LogP contribution is -2.32. The molecule has 0 saturated heterocycles. The van der Waals surface area contributed by atoms with Crippen LogP contribution in [0.25, 0.3) is 10.6 Å². The van der Waals surface area contributed by atoms with Crippen LogP contribution in [0.1, 0.15) is 23.2 Å². The summed E-state index contributed by atoms with van der Waals surface area (Å²) in [5.74, 6) is -0.759. The Kier molecular flexibility index (Phi) is 13.9. The number of anilines is 1. The normalized spacial score (nSPS) is 12.2. The first-order valence-corrected chi connectivity index (χ1v) is 18.3. The fourth-order valence-electron chi connectivity index (χ4n) is 4.85. The Bertz CT molecular complexity index is 1850. The molecule has 0 aliphatic rings. The van der Waals surface area contributed by atoms with Crippen LogP contribution in [0.4, 0.5) is 5.82 Å². The summed E-state index contributed by atoms with van der Waals surface area (Å²) >= 11 is 1.52. The summed E-state index contributed by atoms with van der Waals surface area (Å²) < 4.78 is 45.6. The van der Waals surface area contributed by atoms with Gasteiger partial charge >= 0.3 is 5.97 Å². The second-order valence-electron chi connectivity index (χ2n) is 11.1. The molecule has 0 spiro atoms. The summed E-state index contributed by atoms with van der Waals surface area (Å²) in [5.41, 5.74) is 3.24. The van der Waals surface area contributed by atoms with E-state index in [4.69, 9.17) is 14.2 Å². The fourth-order valence-corrected chi connectivity index (χ4v) is 6.82. The van der Waals surface area contributed by atoms with Crippen LogP contribution in [0.2, 0.25) is 0 Å². The molecular weight excluding hydrogens is 679 g/mol. The highest BCUT2D eigenvalue weighted by Crippen LogP contribution is 2.24. The Balaban J connectivity index is 1.13. The van der Waals surface area contributed by atoms with Crippen molar-refractivity contribution in [1.29, 1.82) is 0 Å². The number of ether oxygens (including phenoxy) is 3. The summed E-state index contributed by atoms with van der Waals surface area (Å²) in [6.07, 6.45) is 3.35. The molecule has 0 saturated carbocycles. The largest absolute Gasteiger partial charge is 0.480 e. The van der Waals surface area contributed by atoms with E-state index >= 15 is 0 Å². The zero-order chi connectivity index (χ0) is 35.0. The van der Waals surface area contributed by atoms with E-state index in [2.05, 4.69) is 20.3 Å². The molecule has 262 valence electrons. The molecular formula is C36H39N5O7S2. The molecule has 1 unspecified atom stereocenters. The number of pyridine rings is 2. The van der Waals surface area contributed by atoms with Gasteiger partial charge in [-0.3, -0.25) is 0 Å². The second kappa shape index (κ2) is 19.0. The molecule has 1 atom stereocenters. The fraction of sp³-hybridized carbons (Fsp3) is 0.278. The van der Waals surface area contributed by atoms with Gasteiger partial charge in [0, 0.05) is 42.9 Å². The van der Waals surface area contributed by atoms with E-state index in [0.29, 0.717) is 44.5 Å². The predicted molar refractivity (Wildman–Crippen MR) is 190 cm³/mol. The van der Waals surface area contributed by atoms with Crippen molar-refractivity contribution < 1.29 is 32.5 Å². The smallest absolute Gasteiger partial charge is 0.326 e. The summed E-state index contributed by atoms with van der Waals surface area (Å²) in [7, 11) is -4.01. The number of aromatic nitrogens is 3. The average molecular weight is 718 g/mol. The maximum atomic E-state index is 13.8. The molecule has 0 fully saturated rings. The summed E-state index contributed by atoms with van der Waals surface area (Å²) in [6, 6.07) is 26.2. The molecule has 0 aliphatic carbocycles. The van der Waals surface area contributed by atoms with Gasteiger partial charge < -0.3 is 24.6 Å². The van der Waals surface area contributed by atoms with E-state index in [1.165, 1.54) is 27.9 Å².